The Labute approximate surface area is 126 Å². The van der Waals surface area contributed by atoms with E-state index in [4.69, 9.17) is 5.11 Å². The first kappa shape index (κ1) is 18.0. The molecule has 1 unspecified atom stereocenters. The van der Waals surface area contributed by atoms with Crippen LogP contribution in [0.25, 0.3) is 6.08 Å². The zero-order chi connectivity index (χ0) is 16.6. The average molecular weight is 317 g/mol. The summed E-state index contributed by atoms with van der Waals surface area (Å²) in [5.74, 6) is -0.816. The van der Waals surface area contributed by atoms with Gasteiger partial charge in [-0.15, -0.1) is 13.2 Å². The molecular formula is C15H18F3NO3. The topological polar surface area (TPSA) is 58.6 Å². The van der Waals surface area contributed by atoms with Crippen molar-refractivity contribution in [1.29, 1.82) is 0 Å². The van der Waals surface area contributed by atoms with Crippen LogP contribution >= 0.6 is 0 Å². The number of rotatable bonds is 7. The maximum Gasteiger partial charge on any atom is 0.573 e. The molecule has 0 bridgehead atoms. The quantitative estimate of drug-likeness (QED) is 0.760. The van der Waals surface area contributed by atoms with Gasteiger partial charge < -0.3 is 15.2 Å². The smallest absolute Gasteiger partial charge is 0.405 e. The van der Waals surface area contributed by atoms with Crippen molar-refractivity contribution in [2.24, 2.45) is 0 Å². The number of hydrogen-bond acceptors (Lipinski definition) is 3. The number of aliphatic hydroxyl groups is 1. The summed E-state index contributed by atoms with van der Waals surface area (Å²) in [7, 11) is 0. The first-order valence-electron chi connectivity index (χ1n) is 6.80. The molecule has 0 aliphatic rings. The highest BCUT2D eigenvalue weighted by molar-refractivity contribution is 5.92. The molecule has 0 fully saturated rings. The third-order valence-corrected chi connectivity index (χ3v) is 2.88. The number of para-hydroxylation sites is 1. The van der Waals surface area contributed by atoms with Crippen molar-refractivity contribution in [2.45, 2.75) is 32.2 Å². The molecule has 122 valence electrons. The second-order valence-electron chi connectivity index (χ2n) is 4.55. The predicted octanol–water partition coefficient (Wildman–Crippen LogP) is 2.88. The Bertz CT molecular complexity index is 515. The number of benzene rings is 1. The van der Waals surface area contributed by atoms with Crippen molar-refractivity contribution in [2.75, 3.05) is 6.61 Å². The number of aliphatic hydroxyl groups excluding tert-OH is 1. The Hall–Kier alpha value is -2.02. The third-order valence-electron chi connectivity index (χ3n) is 2.88. The molecule has 4 nitrogen and oxygen atoms in total. The summed E-state index contributed by atoms with van der Waals surface area (Å²) in [4.78, 5) is 11.7. The Balaban J connectivity index is 2.75. The van der Waals surface area contributed by atoms with Gasteiger partial charge in [0.15, 0.2) is 0 Å². The molecule has 7 heteroatoms. The van der Waals surface area contributed by atoms with E-state index in [-0.39, 0.29) is 24.0 Å². The molecule has 0 aliphatic heterocycles. The van der Waals surface area contributed by atoms with Crippen LogP contribution in [-0.2, 0) is 4.79 Å². The van der Waals surface area contributed by atoms with Gasteiger partial charge in [0.25, 0.3) is 0 Å². The SMILES string of the molecule is CCC(CCO)NC(=O)/C=C/c1ccccc1OC(F)(F)F. The van der Waals surface area contributed by atoms with Crippen LogP contribution in [0, 0.1) is 0 Å². The molecule has 0 radical (unpaired) electrons. The summed E-state index contributed by atoms with van der Waals surface area (Å²) in [5, 5.41) is 11.5. The standard InChI is InChI=1S/C15H18F3NO3/c1-2-12(9-10-20)19-14(21)8-7-11-5-3-4-6-13(11)22-15(16,17)18/h3-8,12,20H,2,9-10H2,1H3,(H,19,21)/b8-7+. The van der Waals surface area contributed by atoms with Gasteiger partial charge in [0.1, 0.15) is 5.75 Å². The monoisotopic (exact) mass is 317 g/mol. The van der Waals surface area contributed by atoms with E-state index in [0.29, 0.717) is 12.8 Å². The normalized spacial score (nSPS) is 13.1. The molecule has 1 rings (SSSR count). The molecule has 0 spiro atoms. The highest BCUT2D eigenvalue weighted by atomic mass is 19.4. The molecule has 22 heavy (non-hydrogen) atoms. The second kappa shape index (κ2) is 8.43. The summed E-state index contributed by atoms with van der Waals surface area (Å²) in [6.07, 6.45) is -1.33. The number of halogens is 3. The number of nitrogens with one attached hydrogen (secondary N) is 1. The van der Waals surface area contributed by atoms with Crippen LogP contribution in [0.4, 0.5) is 13.2 Å². The molecule has 1 aromatic carbocycles. The summed E-state index contributed by atoms with van der Waals surface area (Å²) < 4.78 is 40.7. The Morgan fingerprint density at radius 3 is 2.68 bits per heavy atom. The summed E-state index contributed by atoms with van der Waals surface area (Å²) >= 11 is 0. The van der Waals surface area contributed by atoms with E-state index in [9.17, 15) is 18.0 Å². The molecule has 0 saturated carbocycles. The molecule has 2 N–H and O–H groups in total. The van der Waals surface area contributed by atoms with Crippen molar-refractivity contribution in [1.82, 2.24) is 5.32 Å². The van der Waals surface area contributed by atoms with Crippen LogP contribution in [0.15, 0.2) is 30.3 Å². The lowest BCUT2D eigenvalue weighted by atomic mass is 10.1. The van der Waals surface area contributed by atoms with Crippen molar-refractivity contribution in [3.63, 3.8) is 0 Å². The van der Waals surface area contributed by atoms with Crippen LogP contribution in [0.1, 0.15) is 25.3 Å². The van der Waals surface area contributed by atoms with Crippen LogP contribution in [0.2, 0.25) is 0 Å². The van der Waals surface area contributed by atoms with Gasteiger partial charge in [-0.1, -0.05) is 25.1 Å². The summed E-state index contributed by atoms with van der Waals surface area (Å²) in [6, 6.07) is 5.36. The molecular weight excluding hydrogens is 299 g/mol. The van der Waals surface area contributed by atoms with Crippen molar-refractivity contribution >= 4 is 12.0 Å². The van der Waals surface area contributed by atoms with E-state index in [0.717, 1.165) is 6.08 Å². The molecule has 1 aromatic rings. The van der Waals surface area contributed by atoms with Gasteiger partial charge >= 0.3 is 6.36 Å². The molecule has 0 heterocycles. The van der Waals surface area contributed by atoms with E-state index in [1.54, 1.807) is 6.07 Å². The van der Waals surface area contributed by atoms with Crippen LogP contribution < -0.4 is 10.1 Å². The summed E-state index contributed by atoms with van der Waals surface area (Å²) in [5.41, 5.74) is 0.144. The second-order valence-corrected chi connectivity index (χ2v) is 4.55. The minimum atomic E-state index is -4.79. The van der Waals surface area contributed by atoms with E-state index >= 15 is 0 Å². The van der Waals surface area contributed by atoms with Crippen molar-refractivity contribution < 1.29 is 27.8 Å². The molecule has 0 aliphatic carbocycles. The summed E-state index contributed by atoms with van der Waals surface area (Å²) in [6.45, 7) is 1.81. The highest BCUT2D eigenvalue weighted by Gasteiger charge is 2.31. The Morgan fingerprint density at radius 1 is 1.41 bits per heavy atom. The molecule has 0 aromatic heterocycles. The predicted molar refractivity (Wildman–Crippen MR) is 76.1 cm³/mol. The first-order valence-corrected chi connectivity index (χ1v) is 6.80. The van der Waals surface area contributed by atoms with Gasteiger partial charge in [0, 0.05) is 24.3 Å². The minimum Gasteiger partial charge on any atom is -0.405 e. The fourth-order valence-electron chi connectivity index (χ4n) is 1.78. The highest BCUT2D eigenvalue weighted by Crippen LogP contribution is 2.26. The third kappa shape index (κ3) is 6.62. The van der Waals surface area contributed by atoms with Crippen molar-refractivity contribution in [3.05, 3.63) is 35.9 Å². The Morgan fingerprint density at radius 2 is 2.09 bits per heavy atom. The zero-order valence-corrected chi connectivity index (χ0v) is 12.1. The van der Waals surface area contributed by atoms with Gasteiger partial charge in [0.05, 0.1) is 0 Å². The lowest BCUT2D eigenvalue weighted by molar-refractivity contribution is -0.274. The number of hydrogen-bond donors (Lipinski definition) is 2. The number of carbonyl (C=O) groups excluding carboxylic acids is 1. The first-order chi connectivity index (χ1) is 10.4. The number of amides is 1. The van der Waals surface area contributed by atoms with E-state index in [1.807, 2.05) is 6.92 Å². The Kier molecular flexibility index (Phi) is 6.91. The van der Waals surface area contributed by atoms with E-state index < -0.39 is 12.3 Å². The lowest BCUT2D eigenvalue weighted by Gasteiger charge is -2.14. The molecule has 1 amide bonds. The van der Waals surface area contributed by atoms with Crippen LogP contribution in [0.3, 0.4) is 0 Å². The molecule has 1 atom stereocenters. The van der Waals surface area contributed by atoms with Crippen LogP contribution in [0.5, 0.6) is 5.75 Å². The van der Waals surface area contributed by atoms with Crippen molar-refractivity contribution in [3.8, 4) is 5.75 Å². The van der Waals surface area contributed by atoms with Gasteiger partial charge in [0.2, 0.25) is 5.91 Å². The molecule has 0 saturated heterocycles. The van der Waals surface area contributed by atoms with Gasteiger partial charge in [-0.25, -0.2) is 0 Å². The van der Waals surface area contributed by atoms with Gasteiger partial charge in [-0.2, -0.15) is 0 Å². The van der Waals surface area contributed by atoms with Gasteiger partial charge in [-0.05, 0) is 25.0 Å². The maximum atomic E-state index is 12.3. The minimum absolute atomic E-state index is 0.0508. The fraction of sp³-hybridized carbons (Fsp3) is 0.400. The number of alkyl halides is 3. The number of ether oxygens (including phenoxy) is 1. The largest absolute Gasteiger partial charge is 0.573 e. The van der Waals surface area contributed by atoms with Crippen LogP contribution in [-0.4, -0.2) is 30.0 Å². The lowest BCUT2D eigenvalue weighted by Crippen LogP contribution is -2.33. The van der Waals surface area contributed by atoms with E-state index in [2.05, 4.69) is 10.1 Å². The fourth-order valence-corrected chi connectivity index (χ4v) is 1.78. The number of carbonyl (C=O) groups is 1. The average Bonchev–Trinajstić information content (AvgIpc) is 2.44. The van der Waals surface area contributed by atoms with E-state index in [1.165, 1.54) is 24.3 Å². The van der Waals surface area contributed by atoms with Gasteiger partial charge in [-0.3, -0.25) is 4.79 Å². The zero-order valence-electron chi connectivity index (χ0n) is 12.1. The maximum absolute atomic E-state index is 12.3.